The molecule has 0 spiro atoms. The molecule has 0 saturated carbocycles. The van der Waals surface area contributed by atoms with Crippen LogP contribution in [0.15, 0.2) is 24.3 Å². The zero-order chi connectivity index (χ0) is 15.8. The van der Waals surface area contributed by atoms with Gasteiger partial charge in [0.2, 0.25) is 11.8 Å². The van der Waals surface area contributed by atoms with E-state index in [1.165, 1.54) is 6.92 Å². The van der Waals surface area contributed by atoms with E-state index in [9.17, 15) is 14.4 Å². The number of rotatable bonds is 7. The van der Waals surface area contributed by atoms with Gasteiger partial charge in [-0.25, -0.2) is 0 Å². The summed E-state index contributed by atoms with van der Waals surface area (Å²) in [6.45, 7) is 4.17. The van der Waals surface area contributed by atoms with Crippen LogP contribution in [0.4, 0.5) is 5.69 Å². The molecule has 0 fully saturated rings. The largest absolute Gasteiger partial charge is 0.345 e. The van der Waals surface area contributed by atoms with Gasteiger partial charge in [0.25, 0.3) is 0 Å². The molecule has 0 atom stereocenters. The number of benzene rings is 1. The van der Waals surface area contributed by atoms with Crippen LogP contribution in [0, 0.1) is 0 Å². The molecule has 0 radical (unpaired) electrons. The molecule has 0 aliphatic heterocycles. The number of carbonyl (C=O) groups is 3. The van der Waals surface area contributed by atoms with Crippen LogP contribution in [0.2, 0.25) is 0 Å². The molecule has 1 N–H and O–H groups in total. The summed E-state index contributed by atoms with van der Waals surface area (Å²) in [4.78, 5) is 36.5. The number of Topliss-reactive ketones (excluding diaryl/α,β-unsaturated/α-hetero) is 1. The topological polar surface area (TPSA) is 66.5 Å². The number of nitrogens with one attached hydrogen (secondary N) is 1. The number of carbonyl (C=O) groups excluding carboxylic acids is 3. The average molecular weight is 290 g/mol. The van der Waals surface area contributed by atoms with Gasteiger partial charge in [0.1, 0.15) is 6.42 Å². The van der Waals surface area contributed by atoms with Gasteiger partial charge in [-0.15, -0.1) is 0 Å². The number of nitrogens with zero attached hydrogens (tertiary/aromatic N) is 1. The van der Waals surface area contributed by atoms with Gasteiger partial charge in [-0.05, 0) is 25.5 Å². The lowest BCUT2D eigenvalue weighted by Crippen LogP contribution is -2.31. The minimum atomic E-state index is -0.371. The fraction of sp³-hybridized carbons (Fsp3) is 0.438. The van der Waals surface area contributed by atoms with E-state index in [4.69, 9.17) is 0 Å². The standard InChI is InChI=1S/C16H22N2O3/c1-4-5-9-18(3)16(21)11-15(20)17-14-8-6-7-13(10-14)12(2)19/h6-8,10H,4-5,9,11H2,1-3H3,(H,17,20). The van der Waals surface area contributed by atoms with Crippen LogP contribution in [0.3, 0.4) is 0 Å². The second-order valence-corrected chi connectivity index (χ2v) is 5.03. The van der Waals surface area contributed by atoms with E-state index in [0.717, 1.165) is 12.8 Å². The summed E-state index contributed by atoms with van der Waals surface area (Å²) in [5.41, 5.74) is 1.05. The average Bonchev–Trinajstić information content (AvgIpc) is 2.44. The van der Waals surface area contributed by atoms with Crippen molar-refractivity contribution in [3.8, 4) is 0 Å². The summed E-state index contributed by atoms with van der Waals surface area (Å²) in [6.07, 6.45) is 1.73. The molecule has 5 heteroatoms. The van der Waals surface area contributed by atoms with Gasteiger partial charge in [0, 0.05) is 24.8 Å². The van der Waals surface area contributed by atoms with Crippen LogP contribution >= 0.6 is 0 Å². The first-order chi connectivity index (χ1) is 9.93. The van der Waals surface area contributed by atoms with E-state index < -0.39 is 0 Å². The van der Waals surface area contributed by atoms with E-state index in [0.29, 0.717) is 17.8 Å². The van der Waals surface area contributed by atoms with E-state index in [1.54, 1.807) is 36.2 Å². The van der Waals surface area contributed by atoms with E-state index in [-0.39, 0.29) is 24.0 Å². The molecule has 5 nitrogen and oxygen atoms in total. The van der Waals surface area contributed by atoms with Crippen LogP contribution in [0.5, 0.6) is 0 Å². The van der Waals surface area contributed by atoms with Gasteiger partial charge >= 0.3 is 0 Å². The molecule has 0 heterocycles. The quantitative estimate of drug-likeness (QED) is 0.619. The lowest BCUT2D eigenvalue weighted by molar-refractivity contribution is -0.133. The first kappa shape index (κ1) is 16.9. The Morgan fingerprint density at radius 2 is 1.95 bits per heavy atom. The maximum Gasteiger partial charge on any atom is 0.233 e. The Bertz CT molecular complexity index is 526. The summed E-state index contributed by atoms with van der Waals surface area (Å²) in [6, 6.07) is 6.67. The molecule has 0 aliphatic carbocycles. The van der Waals surface area contributed by atoms with Gasteiger partial charge < -0.3 is 10.2 Å². The molecule has 0 saturated heterocycles. The van der Waals surface area contributed by atoms with Crippen LogP contribution in [-0.4, -0.2) is 36.1 Å². The number of hydrogen-bond donors (Lipinski definition) is 1. The van der Waals surface area contributed by atoms with Crippen molar-refractivity contribution in [2.24, 2.45) is 0 Å². The minimum absolute atomic E-state index is 0.0681. The van der Waals surface area contributed by atoms with Crippen molar-refractivity contribution in [2.45, 2.75) is 33.1 Å². The van der Waals surface area contributed by atoms with Crippen molar-refractivity contribution in [3.63, 3.8) is 0 Å². The lowest BCUT2D eigenvalue weighted by Gasteiger charge is -2.16. The van der Waals surface area contributed by atoms with Crippen LogP contribution < -0.4 is 5.32 Å². The smallest absolute Gasteiger partial charge is 0.233 e. The van der Waals surface area contributed by atoms with Crippen LogP contribution in [0.25, 0.3) is 0 Å². The molecule has 1 aromatic carbocycles. The molecule has 1 aromatic rings. The Morgan fingerprint density at radius 1 is 1.24 bits per heavy atom. The summed E-state index contributed by atoms with van der Waals surface area (Å²) in [5, 5.41) is 2.64. The molecular formula is C16H22N2O3. The van der Waals surface area contributed by atoms with E-state index in [2.05, 4.69) is 5.32 Å². The Morgan fingerprint density at radius 3 is 2.57 bits per heavy atom. The Balaban J connectivity index is 2.55. The van der Waals surface area contributed by atoms with Crippen molar-refractivity contribution in [1.29, 1.82) is 0 Å². The first-order valence-electron chi connectivity index (χ1n) is 7.09. The molecule has 0 aromatic heterocycles. The summed E-state index contributed by atoms with van der Waals surface area (Å²) >= 11 is 0. The molecule has 1 rings (SSSR count). The number of amides is 2. The number of hydrogen-bond acceptors (Lipinski definition) is 3. The monoisotopic (exact) mass is 290 g/mol. The number of ketones is 1. The van der Waals surface area contributed by atoms with E-state index in [1.807, 2.05) is 6.92 Å². The van der Waals surface area contributed by atoms with Gasteiger partial charge in [-0.2, -0.15) is 0 Å². The lowest BCUT2D eigenvalue weighted by atomic mass is 10.1. The summed E-state index contributed by atoms with van der Waals surface area (Å²) in [5.74, 6) is -0.644. The van der Waals surface area contributed by atoms with Crippen molar-refractivity contribution >= 4 is 23.3 Å². The third kappa shape index (κ3) is 5.77. The Kier molecular flexibility index (Phi) is 6.59. The third-order valence-corrected chi connectivity index (χ3v) is 3.14. The van der Waals surface area contributed by atoms with E-state index >= 15 is 0 Å². The van der Waals surface area contributed by atoms with Gasteiger partial charge in [0.15, 0.2) is 5.78 Å². The van der Waals surface area contributed by atoms with Gasteiger partial charge in [0.05, 0.1) is 0 Å². The highest BCUT2D eigenvalue weighted by atomic mass is 16.2. The highest BCUT2D eigenvalue weighted by Gasteiger charge is 2.14. The third-order valence-electron chi connectivity index (χ3n) is 3.14. The van der Waals surface area contributed by atoms with Crippen molar-refractivity contribution < 1.29 is 14.4 Å². The highest BCUT2D eigenvalue weighted by molar-refractivity contribution is 6.04. The molecule has 114 valence electrons. The fourth-order valence-electron chi connectivity index (χ4n) is 1.81. The molecule has 21 heavy (non-hydrogen) atoms. The van der Waals surface area contributed by atoms with Crippen molar-refractivity contribution in [3.05, 3.63) is 29.8 Å². The predicted molar refractivity (Wildman–Crippen MR) is 82.2 cm³/mol. The summed E-state index contributed by atoms with van der Waals surface area (Å²) in [7, 11) is 1.70. The number of unbranched alkanes of at least 4 members (excludes halogenated alkanes) is 1. The normalized spacial score (nSPS) is 10.0. The second-order valence-electron chi connectivity index (χ2n) is 5.03. The molecule has 0 bridgehead atoms. The maximum atomic E-state index is 11.8. The predicted octanol–water partition coefficient (Wildman–Crippen LogP) is 2.48. The van der Waals surface area contributed by atoms with Crippen molar-refractivity contribution in [1.82, 2.24) is 4.90 Å². The highest BCUT2D eigenvalue weighted by Crippen LogP contribution is 2.11. The minimum Gasteiger partial charge on any atom is -0.345 e. The molecular weight excluding hydrogens is 268 g/mol. The first-order valence-corrected chi connectivity index (χ1v) is 7.09. The van der Waals surface area contributed by atoms with Gasteiger partial charge in [-0.1, -0.05) is 25.5 Å². The number of anilines is 1. The SMILES string of the molecule is CCCCN(C)C(=O)CC(=O)Nc1cccc(C(C)=O)c1. The maximum absolute atomic E-state index is 11.8. The van der Waals surface area contributed by atoms with Crippen molar-refractivity contribution in [2.75, 3.05) is 18.9 Å². The second kappa shape index (κ2) is 8.19. The molecule has 0 aliphatic rings. The van der Waals surface area contributed by atoms with Crippen LogP contribution in [-0.2, 0) is 9.59 Å². The molecule has 0 unspecified atom stereocenters. The van der Waals surface area contributed by atoms with Gasteiger partial charge in [-0.3, -0.25) is 14.4 Å². The Labute approximate surface area is 125 Å². The zero-order valence-corrected chi connectivity index (χ0v) is 12.8. The summed E-state index contributed by atoms with van der Waals surface area (Å²) < 4.78 is 0. The zero-order valence-electron chi connectivity index (χ0n) is 12.8. The fourth-order valence-corrected chi connectivity index (χ4v) is 1.81. The Hall–Kier alpha value is -2.17. The molecule has 2 amide bonds. The van der Waals surface area contributed by atoms with Crippen LogP contribution in [0.1, 0.15) is 43.5 Å².